The highest BCUT2D eigenvalue weighted by Gasteiger charge is 2.15. The van der Waals surface area contributed by atoms with Crippen LogP contribution in [0, 0.1) is 5.92 Å². The molecule has 7 heteroatoms. The maximum Gasteiger partial charge on any atom is 0.234 e. The van der Waals surface area contributed by atoms with Crippen LogP contribution in [0.2, 0.25) is 5.02 Å². The zero-order valence-electron chi connectivity index (χ0n) is 15.7. The number of nitrogens with one attached hydrogen (secondary N) is 1. The number of thioether (sulfide) groups is 1. The van der Waals surface area contributed by atoms with E-state index in [0.29, 0.717) is 10.9 Å². The molecule has 0 radical (unpaired) electrons. The number of amides is 1. The maximum atomic E-state index is 12.3. The SMILES string of the molecule is CC(C)Cn1c(-c2ccc(Br)cc2)cnc1SCC(=O)Nc1ccc(Cl)cc1. The number of anilines is 1. The van der Waals surface area contributed by atoms with Crippen LogP contribution >= 0.6 is 39.3 Å². The van der Waals surface area contributed by atoms with Crippen LogP contribution in [0.15, 0.2) is 64.4 Å². The Balaban J connectivity index is 1.73. The van der Waals surface area contributed by atoms with Crippen LogP contribution in [-0.4, -0.2) is 21.2 Å². The van der Waals surface area contributed by atoms with Gasteiger partial charge in [0.25, 0.3) is 0 Å². The number of halogens is 2. The molecule has 28 heavy (non-hydrogen) atoms. The number of hydrogen-bond donors (Lipinski definition) is 1. The second kappa shape index (κ2) is 9.63. The Morgan fingerprint density at radius 2 is 1.86 bits per heavy atom. The average molecular weight is 479 g/mol. The molecule has 1 amide bonds. The van der Waals surface area contributed by atoms with Gasteiger partial charge in [0, 0.05) is 21.7 Å². The third kappa shape index (κ3) is 5.63. The van der Waals surface area contributed by atoms with E-state index in [1.807, 2.05) is 18.3 Å². The molecule has 3 aromatic rings. The summed E-state index contributed by atoms with van der Waals surface area (Å²) in [6.07, 6.45) is 1.88. The van der Waals surface area contributed by atoms with Gasteiger partial charge in [-0.05, 0) is 47.9 Å². The molecule has 1 aromatic heterocycles. The molecule has 3 rings (SSSR count). The third-order valence-corrected chi connectivity index (χ3v) is 5.74. The molecule has 1 heterocycles. The van der Waals surface area contributed by atoms with Gasteiger partial charge in [-0.15, -0.1) is 0 Å². The van der Waals surface area contributed by atoms with E-state index < -0.39 is 0 Å². The summed E-state index contributed by atoms with van der Waals surface area (Å²) in [6, 6.07) is 15.3. The lowest BCUT2D eigenvalue weighted by atomic mass is 10.1. The summed E-state index contributed by atoms with van der Waals surface area (Å²) in [5.74, 6) is 0.680. The van der Waals surface area contributed by atoms with Crippen molar-refractivity contribution in [2.24, 2.45) is 5.92 Å². The standard InChI is InChI=1S/C21H21BrClN3OS/c1-14(2)12-26-19(15-3-5-16(22)6-4-15)11-24-21(26)28-13-20(27)25-18-9-7-17(23)8-10-18/h3-11,14H,12-13H2,1-2H3,(H,25,27). The van der Waals surface area contributed by atoms with Crippen LogP contribution in [0.5, 0.6) is 0 Å². The van der Waals surface area contributed by atoms with E-state index in [1.165, 1.54) is 11.8 Å². The van der Waals surface area contributed by atoms with Crippen molar-refractivity contribution in [1.29, 1.82) is 0 Å². The van der Waals surface area contributed by atoms with Gasteiger partial charge >= 0.3 is 0 Å². The maximum absolute atomic E-state index is 12.3. The molecule has 0 saturated carbocycles. The Labute approximate surface area is 182 Å². The zero-order chi connectivity index (χ0) is 20.1. The van der Waals surface area contributed by atoms with E-state index >= 15 is 0 Å². The molecule has 0 fully saturated rings. The Bertz CT molecular complexity index is 939. The highest BCUT2D eigenvalue weighted by atomic mass is 79.9. The Kier molecular flexibility index (Phi) is 7.21. The molecule has 0 bridgehead atoms. The molecule has 146 valence electrons. The summed E-state index contributed by atoms with van der Waals surface area (Å²) < 4.78 is 3.23. The molecule has 0 spiro atoms. The number of carbonyl (C=O) groups excluding carboxylic acids is 1. The minimum absolute atomic E-state index is 0.0726. The molecular formula is C21H21BrClN3OS. The third-order valence-electron chi connectivity index (χ3n) is 3.97. The predicted molar refractivity (Wildman–Crippen MR) is 121 cm³/mol. The van der Waals surface area contributed by atoms with E-state index in [-0.39, 0.29) is 11.7 Å². The number of rotatable bonds is 7. The minimum atomic E-state index is -0.0726. The highest BCUT2D eigenvalue weighted by Crippen LogP contribution is 2.28. The number of hydrogen-bond acceptors (Lipinski definition) is 3. The van der Waals surface area contributed by atoms with Crippen molar-refractivity contribution in [1.82, 2.24) is 9.55 Å². The molecule has 0 aliphatic carbocycles. The lowest BCUT2D eigenvalue weighted by molar-refractivity contribution is -0.113. The Morgan fingerprint density at radius 1 is 1.18 bits per heavy atom. The van der Waals surface area contributed by atoms with Gasteiger partial charge in [0.2, 0.25) is 5.91 Å². The summed E-state index contributed by atoms with van der Waals surface area (Å²) in [7, 11) is 0. The molecule has 0 aliphatic heterocycles. The Morgan fingerprint density at radius 3 is 2.50 bits per heavy atom. The minimum Gasteiger partial charge on any atom is -0.325 e. The lowest BCUT2D eigenvalue weighted by Gasteiger charge is -2.14. The smallest absolute Gasteiger partial charge is 0.234 e. The molecule has 0 aliphatic rings. The molecule has 2 aromatic carbocycles. The van der Waals surface area contributed by atoms with Gasteiger partial charge < -0.3 is 9.88 Å². The van der Waals surface area contributed by atoms with E-state index in [2.05, 4.69) is 56.8 Å². The zero-order valence-corrected chi connectivity index (χ0v) is 18.8. The van der Waals surface area contributed by atoms with Crippen LogP contribution in [0.4, 0.5) is 5.69 Å². The van der Waals surface area contributed by atoms with Crippen molar-refractivity contribution in [3.05, 3.63) is 64.2 Å². The number of benzene rings is 2. The monoisotopic (exact) mass is 477 g/mol. The van der Waals surface area contributed by atoms with Gasteiger partial charge in [-0.3, -0.25) is 4.79 Å². The summed E-state index contributed by atoms with van der Waals surface area (Å²) in [4.78, 5) is 16.9. The second-order valence-corrected chi connectivity index (χ2v) is 9.08. The van der Waals surface area contributed by atoms with Crippen molar-refractivity contribution in [2.45, 2.75) is 25.5 Å². The first-order chi connectivity index (χ1) is 13.4. The fourth-order valence-corrected chi connectivity index (χ4v) is 3.91. The van der Waals surface area contributed by atoms with Crippen molar-refractivity contribution < 1.29 is 4.79 Å². The topological polar surface area (TPSA) is 46.9 Å². The highest BCUT2D eigenvalue weighted by molar-refractivity contribution is 9.10. The first kappa shape index (κ1) is 21.0. The quantitative estimate of drug-likeness (QED) is 0.402. The molecular weight excluding hydrogens is 458 g/mol. The van der Waals surface area contributed by atoms with Crippen LogP contribution in [-0.2, 0) is 11.3 Å². The lowest BCUT2D eigenvalue weighted by Crippen LogP contribution is -2.15. The van der Waals surface area contributed by atoms with Gasteiger partial charge in [0.05, 0.1) is 17.6 Å². The second-order valence-electron chi connectivity index (χ2n) is 6.78. The molecule has 0 atom stereocenters. The fraction of sp³-hybridized carbons (Fsp3) is 0.238. The van der Waals surface area contributed by atoms with Crippen molar-refractivity contribution >= 4 is 50.9 Å². The number of carbonyl (C=O) groups is 1. The van der Waals surface area contributed by atoms with Crippen LogP contribution < -0.4 is 5.32 Å². The van der Waals surface area contributed by atoms with Crippen molar-refractivity contribution in [3.8, 4) is 11.3 Å². The predicted octanol–water partition coefficient (Wildman–Crippen LogP) is 6.35. The number of imidazole rings is 1. The van der Waals surface area contributed by atoms with E-state index in [4.69, 9.17) is 11.6 Å². The van der Waals surface area contributed by atoms with E-state index in [1.54, 1.807) is 24.3 Å². The molecule has 0 saturated heterocycles. The van der Waals surface area contributed by atoms with Gasteiger partial charge in [-0.1, -0.05) is 65.3 Å². The first-order valence-corrected chi connectivity index (χ1v) is 11.1. The summed E-state index contributed by atoms with van der Waals surface area (Å²) in [6.45, 7) is 5.19. The Hall–Kier alpha value is -1.76. The number of nitrogens with zero attached hydrogens (tertiary/aromatic N) is 2. The van der Waals surface area contributed by atoms with Crippen LogP contribution in [0.1, 0.15) is 13.8 Å². The van der Waals surface area contributed by atoms with Gasteiger partial charge in [-0.25, -0.2) is 4.98 Å². The van der Waals surface area contributed by atoms with Gasteiger partial charge in [0.15, 0.2) is 5.16 Å². The van der Waals surface area contributed by atoms with Gasteiger partial charge in [-0.2, -0.15) is 0 Å². The van der Waals surface area contributed by atoms with E-state index in [9.17, 15) is 4.79 Å². The molecule has 4 nitrogen and oxygen atoms in total. The first-order valence-electron chi connectivity index (χ1n) is 8.92. The largest absolute Gasteiger partial charge is 0.325 e. The van der Waals surface area contributed by atoms with Crippen molar-refractivity contribution in [2.75, 3.05) is 11.1 Å². The van der Waals surface area contributed by atoms with Crippen LogP contribution in [0.3, 0.4) is 0 Å². The normalized spacial score (nSPS) is 11.0. The summed E-state index contributed by atoms with van der Waals surface area (Å²) in [5, 5.41) is 4.37. The number of aromatic nitrogens is 2. The van der Waals surface area contributed by atoms with Crippen LogP contribution in [0.25, 0.3) is 11.3 Å². The van der Waals surface area contributed by atoms with Crippen molar-refractivity contribution in [3.63, 3.8) is 0 Å². The summed E-state index contributed by atoms with van der Waals surface area (Å²) >= 11 is 10.8. The van der Waals surface area contributed by atoms with Gasteiger partial charge in [0.1, 0.15) is 0 Å². The molecule has 1 N–H and O–H groups in total. The molecule has 0 unspecified atom stereocenters. The average Bonchev–Trinajstić information content (AvgIpc) is 3.04. The van der Waals surface area contributed by atoms with E-state index in [0.717, 1.165) is 33.1 Å². The summed E-state index contributed by atoms with van der Waals surface area (Å²) in [5.41, 5.74) is 2.90. The fourth-order valence-electron chi connectivity index (χ4n) is 2.73.